The van der Waals surface area contributed by atoms with E-state index in [9.17, 15) is 18.0 Å². The van der Waals surface area contributed by atoms with Gasteiger partial charge in [-0.05, 0) is 43.0 Å². The highest BCUT2D eigenvalue weighted by Crippen LogP contribution is 2.18. The maximum absolute atomic E-state index is 12.1. The van der Waals surface area contributed by atoms with Crippen LogP contribution in [0.1, 0.15) is 28.9 Å². The van der Waals surface area contributed by atoms with Crippen molar-refractivity contribution in [2.75, 3.05) is 12.9 Å². The number of carbonyl (C=O) groups is 2. The second kappa shape index (κ2) is 8.98. The Morgan fingerprint density at radius 1 is 1.26 bits per heavy atom. The van der Waals surface area contributed by atoms with Crippen LogP contribution in [0.15, 0.2) is 52.5 Å². The number of thioether (sulfide) groups is 1. The highest BCUT2D eigenvalue weighted by molar-refractivity contribution is 7.98. The van der Waals surface area contributed by atoms with Crippen molar-refractivity contribution in [3.63, 3.8) is 0 Å². The number of hydrogen-bond donors (Lipinski definition) is 2. The summed E-state index contributed by atoms with van der Waals surface area (Å²) in [5, 5.41) is 8.24. The van der Waals surface area contributed by atoms with E-state index in [1.54, 1.807) is 43.6 Å². The number of rotatable bonds is 7. The van der Waals surface area contributed by atoms with E-state index in [4.69, 9.17) is 9.88 Å². The molecular weight excluding hydrogens is 390 g/mol. The number of pyridine rings is 1. The number of ether oxygens (including phenoxy) is 1. The maximum atomic E-state index is 12.1. The van der Waals surface area contributed by atoms with Gasteiger partial charge in [-0.2, -0.15) is 0 Å². The largest absolute Gasteiger partial charge is 0.452 e. The zero-order valence-corrected chi connectivity index (χ0v) is 16.3. The second-order valence-electron chi connectivity index (χ2n) is 5.54. The number of hydrogen-bond acceptors (Lipinski definition) is 7. The van der Waals surface area contributed by atoms with Crippen molar-refractivity contribution in [1.29, 1.82) is 0 Å². The van der Waals surface area contributed by atoms with Crippen LogP contribution in [0.4, 0.5) is 0 Å². The second-order valence-corrected chi connectivity index (χ2v) is 7.90. The fourth-order valence-corrected chi connectivity index (χ4v) is 3.28. The zero-order chi connectivity index (χ0) is 20.0. The third-order valence-electron chi connectivity index (χ3n) is 3.60. The van der Waals surface area contributed by atoms with Crippen LogP contribution < -0.4 is 10.5 Å². The van der Waals surface area contributed by atoms with Gasteiger partial charge in [0.25, 0.3) is 5.91 Å². The van der Waals surface area contributed by atoms with E-state index in [1.165, 1.54) is 23.9 Å². The van der Waals surface area contributed by atoms with Gasteiger partial charge in [-0.15, -0.1) is 11.8 Å². The van der Waals surface area contributed by atoms with E-state index >= 15 is 0 Å². The van der Waals surface area contributed by atoms with Gasteiger partial charge in [0, 0.05) is 6.20 Å². The minimum absolute atomic E-state index is 0.0141. The number of benzene rings is 1. The van der Waals surface area contributed by atoms with Crippen molar-refractivity contribution >= 4 is 33.7 Å². The van der Waals surface area contributed by atoms with Crippen molar-refractivity contribution in [2.24, 2.45) is 5.14 Å². The molecule has 0 fully saturated rings. The number of nitrogens with one attached hydrogen (secondary N) is 1. The number of sulfonamides is 1. The number of amides is 1. The van der Waals surface area contributed by atoms with Gasteiger partial charge in [-0.3, -0.25) is 4.79 Å². The molecule has 1 amide bonds. The first-order valence-corrected chi connectivity index (χ1v) is 10.6. The first-order chi connectivity index (χ1) is 12.7. The molecule has 3 N–H and O–H groups in total. The van der Waals surface area contributed by atoms with Crippen LogP contribution in [0.25, 0.3) is 0 Å². The van der Waals surface area contributed by atoms with Crippen molar-refractivity contribution < 1.29 is 22.7 Å². The molecule has 8 nitrogen and oxygen atoms in total. The number of nitrogens with two attached hydrogens (primary N) is 1. The zero-order valence-electron chi connectivity index (χ0n) is 14.7. The molecule has 0 bridgehead atoms. The van der Waals surface area contributed by atoms with Crippen LogP contribution >= 0.6 is 11.8 Å². The molecule has 144 valence electrons. The molecule has 0 aliphatic carbocycles. The highest BCUT2D eigenvalue weighted by atomic mass is 32.2. The number of nitrogens with zero attached hydrogens (tertiary/aromatic N) is 1. The summed E-state index contributed by atoms with van der Waals surface area (Å²) in [5.74, 6) is -1.12. The standard InChI is InChI=1S/C17H19N3O5S2/c1-11(12-5-7-13(8-6-12)27(18,23)24)20-15(21)10-25-17(22)14-4-3-9-19-16(14)26-2/h3-9,11H,10H2,1-2H3,(H,20,21)(H2,18,23,24)/t11-/m1/s1. The van der Waals surface area contributed by atoms with Crippen LogP contribution in [0.3, 0.4) is 0 Å². The molecule has 2 aromatic rings. The van der Waals surface area contributed by atoms with E-state index in [0.717, 1.165) is 0 Å². The molecule has 1 aromatic carbocycles. The molecule has 1 heterocycles. The Labute approximate surface area is 161 Å². The molecular formula is C17H19N3O5S2. The van der Waals surface area contributed by atoms with E-state index in [1.807, 2.05) is 0 Å². The first-order valence-electron chi connectivity index (χ1n) is 7.80. The first kappa shape index (κ1) is 20.9. The van der Waals surface area contributed by atoms with E-state index in [-0.39, 0.29) is 4.90 Å². The lowest BCUT2D eigenvalue weighted by Crippen LogP contribution is -2.31. The van der Waals surface area contributed by atoms with Gasteiger partial charge in [0.05, 0.1) is 16.5 Å². The molecule has 10 heteroatoms. The van der Waals surface area contributed by atoms with Gasteiger partial charge in [0.2, 0.25) is 10.0 Å². The molecule has 0 aliphatic heterocycles. The quantitative estimate of drug-likeness (QED) is 0.523. The highest BCUT2D eigenvalue weighted by Gasteiger charge is 2.16. The Hall–Kier alpha value is -2.43. The predicted octanol–water partition coefficient (Wildman–Crippen LogP) is 1.49. The third-order valence-corrected chi connectivity index (χ3v) is 5.25. The Bertz CT molecular complexity index is 930. The van der Waals surface area contributed by atoms with Crippen molar-refractivity contribution in [1.82, 2.24) is 10.3 Å². The molecule has 2 rings (SSSR count). The molecule has 0 saturated heterocycles. The van der Waals surface area contributed by atoms with Gasteiger partial charge in [-0.1, -0.05) is 12.1 Å². The lowest BCUT2D eigenvalue weighted by atomic mass is 10.1. The van der Waals surface area contributed by atoms with Gasteiger partial charge in [-0.25, -0.2) is 23.3 Å². The Kier molecular flexibility index (Phi) is 6.94. The van der Waals surface area contributed by atoms with E-state index in [0.29, 0.717) is 16.2 Å². The summed E-state index contributed by atoms with van der Waals surface area (Å²) >= 11 is 1.30. The van der Waals surface area contributed by atoms with Crippen molar-refractivity contribution in [2.45, 2.75) is 22.9 Å². The minimum atomic E-state index is -3.77. The van der Waals surface area contributed by atoms with E-state index in [2.05, 4.69) is 10.3 Å². The van der Waals surface area contributed by atoms with E-state index < -0.39 is 34.5 Å². The van der Waals surface area contributed by atoms with Crippen molar-refractivity contribution in [3.05, 3.63) is 53.7 Å². The SMILES string of the molecule is CSc1ncccc1C(=O)OCC(=O)N[C@H](C)c1ccc(S(N)(=O)=O)cc1. The van der Waals surface area contributed by atoms with Crippen molar-refractivity contribution in [3.8, 4) is 0 Å². The summed E-state index contributed by atoms with van der Waals surface area (Å²) in [6, 6.07) is 8.61. The van der Waals surface area contributed by atoms with Crippen LogP contribution in [0, 0.1) is 0 Å². The molecule has 27 heavy (non-hydrogen) atoms. The summed E-state index contributed by atoms with van der Waals surface area (Å²) in [7, 11) is -3.77. The lowest BCUT2D eigenvalue weighted by Gasteiger charge is -2.15. The average Bonchev–Trinajstić information content (AvgIpc) is 2.65. The number of esters is 1. The van der Waals surface area contributed by atoms with Gasteiger partial charge in [0.15, 0.2) is 6.61 Å². The normalized spacial score (nSPS) is 12.3. The molecule has 0 aliphatic rings. The van der Waals surface area contributed by atoms with Gasteiger partial charge >= 0.3 is 5.97 Å². The topological polar surface area (TPSA) is 128 Å². The molecule has 0 spiro atoms. The number of primary sulfonamides is 1. The Morgan fingerprint density at radius 3 is 2.52 bits per heavy atom. The minimum Gasteiger partial charge on any atom is -0.452 e. The van der Waals surface area contributed by atoms with Crippen LogP contribution in [0.5, 0.6) is 0 Å². The monoisotopic (exact) mass is 409 g/mol. The van der Waals surface area contributed by atoms with Crippen LogP contribution in [-0.4, -0.2) is 38.1 Å². The summed E-state index contributed by atoms with van der Waals surface area (Å²) in [4.78, 5) is 28.2. The third kappa shape index (κ3) is 5.78. The Morgan fingerprint density at radius 2 is 1.93 bits per heavy atom. The average molecular weight is 409 g/mol. The predicted molar refractivity (Wildman–Crippen MR) is 101 cm³/mol. The molecule has 0 unspecified atom stereocenters. The number of aromatic nitrogens is 1. The lowest BCUT2D eigenvalue weighted by molar-refractivity contribution is -0.124. The maximum Gasteiger partial charge on any atom is 0.341 e. The number of carbonyl (C=O) groups excluding carboxylic acids is 2. The smallest absolute Gasteiger partial charge is 0.341 e. The molecule has 0 radical (unpaired) electrons. The molecule has 0 saturated carbocycles. The fraction of sp³-hybridized carbons (Fsp3) is 0.235. The summed E-state index contributed by atoms with van der Waals surface area (Å²) in [5.41, 5.74) is 0.975. The summed E-state index contributed by atoms with van der Waals surface area (Å²) in [6.45, 7) is 1.28. The molecule has 1 aromatic heterocycles. The van der Waals surface area contributed by atoms with Gasteiger partial charge in [0.1, 0.15) is 5.03 Å². The Balaban J connectivity index is 1.92. The summed E-state index contributed by atoms with van der Waals surface area (Å²) in [6.07, 6.45) is 3.35. The molecule has 1 atom stereocenters. The summed E-state index contributed by atoms with van der Waals surface area (Å²) < 4.78 is 27.5. The van der Waals surface area contributed by atoms with Gasteiger partial charge < -0.3 is 10.1 Å². The van der Waals surface area contributed by atoms with Crippen LogP contribution in [-0.2, 0) is 19.6 Å². The fourth-order valence-electron chi connectivity index (χ4n) is 2.23. The van der Waals surface area contributed by atoms with Crippen LogP contribution in [0.2, 0.25) is 0 Å².